The first kappa shape index (κ1) is 14.9. The normalized spacial score (nSPS) is 12.2. The Morgan fingerprint density at radius 2 is 1.85 bits per heavy atom. The Bertz CT molecular complexity index is 566. The zero-order valence-corrected chi connectivity index (χ0v) is 12.9. The number of likely N-dealkylation sites (N-methyl/N-ethyl adjacent to an activating group) is 1. The molecule has 0 saturated carbocycles. The van der Waals surface area contributed by atoms with E-state index in [0.717, 1.165) is 22.8 Å². The van der Waals surface area contributed by atoms with E-state index in [1.165, 1.54) is 11.1 Å². The molecule has 0 aliphatic carbocycles. The standard InChI is InChI=1S/C17H20ClNO/c1-12-4-6-13(7-5-12)16(19-2)11-14-10-15(18)8-9-17(14)20-3/h4-10,16,19H,11H2,1-3H3. The van der Waals surface area contributed by atoms with Crippen molar-refractivity contribution in [2.75, 3.05) is 14.2 Å². The van der Waals surface area contributed by atoms with Crippen LogP contribution in [0.25, 0.3) is 0 Å². The SMILES string of the molecule is CNC(Cc1cc(Cl)ccc1OC)c1ccc(C)cc1. The largest absolute Gasteiger partial charge is 0.496 e. The van der Waals surface area contributed by atoms with E-state index in [0.29, 0.717) is 0 Å². The predicted molar refractivity (Wildman–Crippen MR) is 84.7 cm³/mol. The molecule has 0 spiro atoms. The van der Waals surface area contributed by atoms with Gasteiger partial charge in [-0.25, -0.2) is 0 Å². The molecule has 20 heavy (non-hydrogen) atoms. The van der Waals surface area contributed by atoms with Crippen LogP contribution in [0, 0.1) is 6.92 Å². The molecule has 0 heterocycles. The number of hydrogen-bond donors (Lipinski definition) is 1. The Morgan fingerprint density at radius 1 is 1.15 bits per heavy atom. The van der Waals surface area contributed by atoms with Crippen molar-refractivity contribution in [3.63, 3.8) is 0 Å². The monoisotopic (exact) mass is 289 g/mol. The number of nitrogens with one attached hydrogen (secondary N) is 1. The van der Waals surface area contributed by atoms with Gasteiger partial charge in [0.15, 0.2) is 0 Å². The lowest BCUT2D eigenvalue weighted by atomic mass is 9.97. The van der Waals surface area contributed by atoms with E-state index in [1.54, 1.807) is 7.11 Å². The molecule has 0 radical (unpaired) electrons. The molecule has 2 aromatic carbocycles. The van der Waals surface area contributed by atoms with Gasteiger partial charge >= 0.3 is 0 Å². The molecular formula is C17H20ClNO. The zero-order valence-electron chi connectivity index (χ0n) is 12.1. The van der Waals surface area contributed by atoms with Crippen molar-refractivity contribution in [2.45, 2.75) is 19.4 Å². The Kier molecular flexibility index (Phi) is 5.05. The van der Waals surface area contributed by atoms with Gasteiger partial charge in [-0.15, -0.1) is 0 Å². The van der Waals surface area contributed by atoms with Gasteiger partial charge in [0.2, 0.25) is 0 Å². The van der Waals surface area contributed by atoms with Gasteiger partial charge in [-0.2, -0.15) is 0 Å². The Labute approximate surface area is 125 Å². The van der Waals surface area contributed by atoms with Crippen LogP contribution in [0.15, 0.2) is 42.5 Å². The highest BCUT2D eigenvalue weighted by atomic mass is 35.5. The molecular weight excluding hydrogens is 270 g/mol. The number of hydrogen-bond acceptors (Lipinski definition) is 2. The van der Waals surface area contributed by atoms with Crippen LogP contribution in [0.2, 0.25) is 5.02 Å². The van der Waals surface area contributed by atoms with Gasteiger partial charge in [0.05, 0.1) is 7.11 Å². The van der Waals surface area contributed by atoms with Crippen LogP contribution in [0.5, 0.6) is 5.75 Å². The summed E-state index contributed by atoms with van der Waals surface area (Å²) in [5.41, 5.74) is 3.64. The summed E-state index contributed by atoms with van der Waals surface area (Å²) in [7, 11) is 3.66. The van der Waals surface area contributed by atoms with E-state index in [9.17, 15) is 0 Å². The Hall–Kier alpha value is -1.51. The summed E-state index contributed by atoms with van der Waals surface area (Å²) in [5, 5.41) is 4.09. The van der Waals surface area contributed by atoms with Crippen LogP contribution in [0.1, 0.15) is 22.7 Å². The van der Waals surface area contributed by atoms with E-state index in [4.69, 9.17) is 16.3 Å². The molecule has 1 N–H and O–H groups in total. The topological polar surface area (TPSA) is 21.3 Å². The second-order valence-electron chi connectivity index (χ2n) is 4.91. The third kappa shape index (κ3) is 3.53. The highest BCUT2D eigenvalue weighted by Crippen LogP contribution is 2.27. The average Bonchev–Trinajstić information content (AvgIpc) is 2.46. The Morgan fingerprint density at radius 3 is 2.45 bits per heavy atom. The minimum Gasteiger partial charge on any atom is -0.496 e. The van der Waals surface area contributed by atoms with Crippen molar-refractivity contribution in [3.8, 4) is 5.75 Å². The number of methoxy groups -OCH3 is 1. The van der Waals surface area contributed by atoms with Crippen molar-refractivity contribution in [2.24, 2.45) is 0 Å². The lowest BCUT2D eigenvalue weighted by Crippen LogP contribution is -2.19. The number of halogens is 1. The van der Waals surface area contributed by atoms with Crippen LogP contribution in [0.4, 0.5) is 0 Å². The first-order valence-electron chi connectivity index (χ1n) is 6.70. The fourth-order valence-corrected chi connectivity index (χ4v) is 2.51. The number of benzene rings is 2. The summed E-state index contributed by atoms with van der Waals surface area (Å²) in [6.07, 6.45) is 0.837. The van der Waals surface area contributed by atoms with Crippen molar-refractivity contribution in [1.82, 2.24) is 5.32 Å². The number of rotatable bonds is 5. The zero-order chi connectivity index (χ0) is 14.5. The van der Waals surface area contributed by atoms with E-state index in [1.807, 2.05) is 25.2 Å². The lowest BCUT2D eigenvalue weighted by molar-refractivity contribution is 0.406. The average molecular weight is 290 g/mol. The summed E-state index contributed by atoms with van der Waals surface area (Å²) in [6.45, 7) is 2.10. The van der Waals surface area contributed by atoms with Crippen LogP contribution in [-0.2, 0) is 6.42 Å². The molecule has 0 fully saturated rings. The van der Waals surface area contributed by atoms with E-state index in [2.05, 4.69) is 36.5 Å². The van der Waals surface area contributed by atoms with Crippen molar-refractivity contribution in [1.29, 1.82) is 0 Å². The lowest BCUT2D eigenvalue weighted by Gasteiger charge is -2.19. The molecule has 3 heteroatoms. The molecule has 106 valence electrons. The fourth-order valence-electron chi connectivity index (χ4n) is 2.31. The molecule has 2 nitrogen and oxygen atoms in total. The van der Waals surface area contributed by atoms with Crippen LogP contribution >= 0.6 is 11.6 Å². The predicted octanol–water partition coefficient (Wildman–Crippen LogP) is 4.16. The first-order chi connectivity index (χ1) is 9.63. The summed E-state index contributed by atoms with van der Waals surface area (Å²) in [4.78, 5) is 0. The minimum atomic E-state index is 0.239. The van der Waals surface area contributed by atoms with Gasteiger partial charge in [0.1, 0.15) is 5.75 Å². The maximum Gasteiger partial charge on any atom is 0.122 e. The van der Waals surface area contributed by atoms with Gasteiger partial charge in [-0.1, -0.05) is 41.4 Å². The molecule has 1 unspecified atom stereocenters. The van der Waals surface area contributed by atoms with E-state index in [-0.39, 0.29) is 6.04 Å². The minimum absolute atomic E-state index is 0.239. The highest BCUT2D eigenvalue weighted by molar-refractivity contribution is 6.30. The third-order valence-electron chi connectivity index (χ3n) is 3.49. The summed E-state index contributed by atoms with van der Waals surface area (Å²) in [5.74, 6) is 0.877. The molecule has 2 rings (SSSR count). The van der Waals surface area contributed by atoms with Crippen LogP contribution in [0.3, 0.4) is 0 Å². The van der Waals surface area contributed by atoms with Gasteiger partial charge in [0, 0.05) is 11.1 Å². The second-order valence-corrected chi connectivity index (χ2v) is 5.35. The first-order valence-corrected chi connectivity index (χ1v) is 7.08. The Balaban J connectivity index is 2.26. The quantitative estimate of drug-likeness (QED) is 0.892. The number of aryl methyl sites for hydroxylation is 1. The molecule has 0 aromatic heterocycles. The smallest absolute Gasteiger partial charge is 0.122 e. The second kappa shape index (κ2) is 6.78. The highest BCUT2D eigenvalue weighted by Gasteiger charge is 2.13. The van der Waals surface area contributed by atoms with Crippen molar-refractivity contribution < 1.29 is 4.74 Å². The molecule has 0 aliphatic rings. The molecule has 2 aromatic rings. The fraction of sp³-hybridized carbons (Fsp3) is 0.294. The van der Waals surface area contributed by atoms with Crippen molar-refractivity contribution >= 4 is 11.6 Å². The summed E-state index contributed by atoms with van der Waals surface area (Å²) in [6, 6.07) is 14.6. The summed E-state index contributed by atoms with van der Waals surface area (Å²) < 4.78 is 5.41. The molecule has 0 bridgehead atoms. The van der Waals surface area contributed by atoms with E-state index < -0.39 is 0 Å². The van der Waals surface area contributed by atoms with Gasteiger partial charge in [-0.05, 0) is 49.7 Å². The molecule has 1 atom stereocenters. The summed E-state index contributed by atoms with van der Waals surface area (Å²) >= 11 is 6.09. The number of ether oxygens (including phenoxy) is 1. The van der Waals surface area contributed by atoms with Gasteiger partial charge < -0.3 is 10.1 Å². The van der Waals surface area contributed by atoms with Crippen LogP contribution < -0.4 is 10.1 Å². The molecule has 0 aliphatic heterocycles. The molecule has 0 amide bonds. The third-order valence-corrected chi connectivity index (χ3v) is 3.73. The van der Waals surface area contributed by atoms with Crippen LogP contribution in [-0.4, -0.2) is 14.2 Å². The maximum atomic E-state index is 6.09. The van der Waals surface area contributed by atoms with Gasteiger partial charge in [0.25, 0.3) is 0 Å². The molecule has 0 saturated heterocycles. The van der Waals surface area contributed by atoms with Crippen molar-refractivity contribution in [3.05, 3.63) is 64.2 Å². The van der Waals surface area contributed by atoms with E-state index >= 15 is 0 Å². The maximum absolute atomic E-state index is 6.09. The van der Waals surface area contributed by atoms with Gasteiger partial charge in [-0.3, -0.25) is 0 Å².